The molecule has 0 fully saturated rings. The molecule has 4 nitrogen and oxygen atoms in total. The van der Waals surface area contributed by atoms with Crippen molar-refractivity contribution in [2.75, 3.05) is 13.1 Å². The molecule has 1 amide bonds. The molecule has 0 saturated heterocycles. The third-order valence-electron chi connectivity index (χ3n) is 3.06. The first kappa shape index (κ1) is 13.3. The van der Waals surface area contributed by atoms with Crippen LogP contribution in [0.15, 0.2) is 47.3 Å². The van der Waals surface area contributed by atoms with Gasteiger partial charge in [-0.1, -0.05) is 0 Å². The Morgan fingerprint density at radius 3 is 2.74 bits per heavy atom. The maximum Gasteiger partial charge on any atom is 0.230 e. The van der Waals surface area contributed by atoms with Crippen LogP contribution in [0, 0.1) is 0 Å². The van der Waals surface area contributed by atoms with Gasteiger partial charge in [0, 0.05) is 25.5 Å². The van der Waals surface area contributed by atoms with Gasteiger partial charge in [-0.15, -0.1) is 0 Å². The van der Waals surface area contributed by atoms with Crippen LogP contribution in [0.25, 0.3) is 0 Å². The van der Waals surface area contributed by atoms with Crippen LogP contribution in [0.2, 0.25) is 0 Å². The van der Waals surface area contributed by atoms with Gasteiger partial charge in [0.15, 0.2) is 0 Å². The van der Waals surface area contributed by atoms with E-state index in [4.69, 9.17) is 4.42 Å². The highest BCUT2D eigenvalue weighted by molar-refractivity contribution is 5.78. The lowest BCUT2D eigenvalue weighted by atomic mass is 10.2. The van der Waals surface area contributed by atoms with E-state index in [0.29, 0.717) is 18.7 Å². The quantitative estimate of drug-likeness (QED) is 0.798. The summed E-state index contributed by atoms with van der Waals surface area (Å²) in [5.74, 6) is 0.818. The van der Waals surface area contributed by atoms with Gasteiger partial charge in [-0.3, -0.25) is 9.78 Å². The SMILES string of the molecule is CCN(CCc1ccncc1)C(=O)Cc1ccco1. The molecule has 0 atom stereocenters. The minimum atomic E-state index is 0.103. The number of hydrogen-bond donors (Lipinski definition) is 0. The first-order valence-corrected chi connectivity index (χ1v) is 6.48. The van der Waals surface area contributed by atoms with Crippen molar-refractivity contribution in [2.24, 2.45) is 0 Å². The monoisotopic (exact) mass is 258 g/mol. The van der Waals surface area contributed by atoms with Crippen molar-refractivity contribution in [3.8, 4) is 0 Å². The second-order valence-electron chi connectivity index (χ2n) is 4.34. The topological polar surface area (TPSA) is 46.3 Å². The number of hydrogen-bond acceptors (Lipinski definition) is 3. The molecule has 19 heavy (non-hydrogen) atoms. The molecule has 4 heteroatoms. The molecule has 0 saturated carbocycles. The van der Waals surface area contributed by atoms with E-state index in [-0.39, 0.29) is 5.91 Å². The number of amides is 1. The lowest BCUT2D eigenvalue weighted by Gasteiger charge is -2.20. The summed E-state index contributed by atoms with van der Waals surface area (Å²) in [6, 6.07) is 7.58. The molecule has 0 bridgehead atoms. The summed E-state index contributed by atoms with van der Waals surface area (Å²) >= 11 is 0. The number of aromatic nitrogens is 1. The van der Waals surface area contributed by atoms with Gasteiger partial charge in [0.2, 0.25) is 5.91 Å². The maximum atomic E-state index is 12.1. The van der Waals surface area contributed by atoms with Gasteiger partial charge < -0.3 is 9.32 Å². The first-order chi connectivity index (χ1) is 9.29. The Kier molecular flexibility index (Phi) is 4.72. The molecule has 100 valence electrons. The molecule has 0 aliphatic heterocycles. The van der Waals surface area contributed by atoms with Crippen LogP contribution in [0.1, 0.15) is 18.2 Å². The lowest BCUT2D eigenvalue weighted by molar-refractivity contribution is -0.130. The summed E-state index contributed by atoms with van der Waals surface area (Å²) in [6.07, 6.45) is 6.32. The van der Waals surface area contributed by atoms with Gasteiger partial charge in [-0.2, -0.15) is 0 Å². The fraction of sp³-hybridized carbons (Fsp3) is 0.333. The number of nitrogens with zero attached hydrogens (tertiary/aromatic N) is 2. The Morgan fingerprint density at radius 1 is 1.32 bits per heavy atom. The number of likely N-dealkylation sites (N-methyl/N-ethyl adjacent to an activating group) is 1. The van der Waals surface area contributed by atoms with Crippen molar-refractivity contribution in [3.63, 3.8) is 0 Å². The summed E-state index contributed by atoms with van der Waals surface area (Å²) in [5, 5.41) is 0. The largest absolute Gasteiger partial charge is 0.469 e. The molecular formula is C15H18N2O2. The summed E-state index contributed by atoms with van der Waals surface area (Å²) in [7, 11) is 0. The smallest absolute Gasteiger partial charge is 0.230 e. The van der Waals surface area contributed by atoms with Gasteiger partial charge in [-0.05, 0) is 43.2 Å². The zero-order valence-corrected chi connectivity index (χ0v) is 11.1. The van der Waals surface area contributed by atoms with E-state index in [9.17, 15) is 4.79 Å². The Morgan fingerprint density at radius 2 is 2.11 bits per heavy atom. The van der Waals surface area contributed by atoms with Crippen LogP contribution in [-0.2, 0) is 17.6 Å². The summed E-state index contributed by atoms with van der Waals surface area (Å²) in [5.41, 5.74) is 1.19. The van der Waals surface area contributed by atoms with E-state index in [1.807, 2.05) is 30.0 Å². The van der Waals surface area contributed by atoms with Crippen LogP contribution in [0.5, 0.6) is 0 Å². The third kappa shape index (κ3) is 3.95. The van der Waals surface area contributed by atoms with Crippen molar-refractivity contribution < 1.29 is 9.21 Å². The Balaban J connectivity index is 1.87. The zero-order chi connectivity index (χ0) is 13.5. The predicted molar refractivity (Wildman–Crippen MR) is 72.6 cm³/mol. The number of carbonyl (C=O) groups excluding carboxylic acids is 1. The van der Waals surface area contributed by atoms with Gasteiger partial charge in [0.25, 0.3) is 0 Å². The van der Waals surface area contributed by atoms with Crippen molar-refractivity contribution in [2.45, 2.75) is 19.8 Å². The Bertz CT molecular complexity index is 494. The van der Waals surface area contributed by atoms with Crippen molar-refractivity contribution in [3.05, 3.63) is 54.2 Å². The number of carbonyl (C=O) groups is 1. The standard InChI is InChI=1S/C15H18N2O2/c1-2-17(10-7-13-5-8-16-9-6-13)15(18)12-14-4-3-11-19-14/h3-6,8-9,11H,2,7,10,12H2,1H3. The summed E-state index contributed by atoms with van der Waals surface area (Å²) in [6.45, 7) is 3.43. The maximum absolute atomic E-state index is 12.1. The molecule has 2 aromatic heterocycles. The second-order valence-corrected chi connectivity index (χ2v) is 4.34. The van der Waals surface area contributed by atoms with Crippen molar-refractivity contribution in [1.29, 1.82) is 0 Å². The molecule has 0 radical (unpaired) electrons. The predicted octanol–water partition coefficient (Wildman–Crippen LogP) is 2.31. The molecule has 0 aliphatic carbocycles. The fourth-order valence-electron chi connectivity index (χ4n) is 1.95. The van der Waals surface area contributed by atoms with Gasteiger partial charge in [0.1, 0.15) is 5.76 Å². The van der Waals surface area contributed by atoms with Crippen LogP contribution >= 0.6 is 0 Å². The summed E-state index contributed by atoms with van der Waals surface area (Å²) < 4.78 is 5.21. The van der Waals surface area contributed by atoms with Crippen molar-refractivity contribution in [1.82, 2.24) is 9.88 Å². The van der Waals surface area contributed by atoms with E-state index in [0.717, 1.165) is 13.0 Å². The van der Waals surface area contributed by atoms with E-state index in [2.05, 4.69) is 4.98 Å². The van der Waals surface area contributed by atoms with Crippen molar-refractivity contribution >= 4 is 5.91 Å². The Labute approximate surface area is 113 Å². The molecule has 2 rings (SSSR count). The number of furan rings is 1. The Hall–Kier alpha value is -2.10. The molecule has 0 N–H and O–H groups in total. The average molecular weight is 258 g/mol. The first-order valence-electron chi connectivity index (χ1n) is 6.48. The lowest BCUT2D eigenvalue weighted by Crippen LogP contribution is -2.33. The molecule has 0 unspecified atom stereocenters. The van der Waals surface area contributed by atoms with Crippen LogP contribution < -0.4 is 0 Å². The van der Waals surface area contributed by atoms with Gasteiger partial charge in [0.05, 0.1) is 12.7 Å². The normalized spacial score (nSPS) is 10.4. The summed E-state index contributed by atoms with van der Waals surface area (Å²) in [4.78, 5) is 18.0. The highest BCUT2D eigenvalue weighted by Gasteiger charge is 2.13. The molecule has 0 spiro atoms. The number of pyridine rings is 1. The minimum Gasteiger partial charge on any atom is -0.469 e. The van der Waals surface area contributed by atoms with E-state index in [1.165, 1.54) is 5.56 Å². The average Bonchev–Trinajstić information content (AvgIpc) is 2.93. The third-order valence-corrected chi connectivity index (χ3v) is 3.06. The molecule has 2 heterocycles. The van der Waals surface area contributed by atoms with Gasteiger partial charge >= 0.3 is 0 Å². The van der Waals surface area contributed by atoms with E-state index in [1.54, 1.807) is 24.7 Å². The highest BCUT2D eigenvalue weighted by atomic mass is 16.3. The van der Waals surface area contributed by atoms with E-state index < -0.39 is 0 Å². The highest BCUT2D eigenvalue weighted by Crippen LogP contribution is 2.06. The minimum absolute atomic E-state index is 0.103. The van der Waals surface area contributed by atoms with E-state index >= 15 is 0 Å². The second kappa shape index (κ2) is 6.73. The van der Waals surface area contributed by atoms with Gasteiger partial charge in [-0.25, -0.2) is 0 Å². The van der Waals surface area contributed by atoms with Crippen LogP contribution in [-0.4, -0.2) is 28.9 Å². The molecule has 0 aromatic carbocycles. The molecule has 2 aromatic rings. The zero-order valence-electron chi connectivity index (χ0n) is 11.1. The fourth-order valence-corrected chi connectivity index (χ4v) is 1.95. The molecular weight excluding hydrogens is 240 g/mol. The molecule has 0 aliphatic rings. The van der Waals surface area contributed by atoms with Crippen LogP contribution in [0.4, 0.5) is 0 Å². The number of rotatable bonds is 6. The van der Waals surface area contributed by atoms with Crippen LogP contribution in [0.3, 0.4) is 0 Å².